The summed E-state index contributed by atoms with van der Waals surface area (Å²) in [6.45, 7) is 4.09. The minimum Gasteiger partial charge on any atom is -0.496 e. The van der Waals surface area contributed by atoms with E-state index in [4.69, 9.17) is 16.3 Å². The molecule has 1 aromatic carbocycles. The van der Waals surface area contributed by atoms with E-state index in [-0.39, 0.29) is 0 Å². The molecule has 1 aromatic heterocycles. The van der Waals surface area contributed by atoms with Crippen LogP contribution in [-0.4, -0.2) is 17.1 Å². The van der Waals surface area contributed by atoms with Gasteiger partial charge in [0.25, 0.3) is 0 Å². The molecule has 0 saturated heterocycles. The number of methoxy groups -OCH3 is 1. The van der Waals surface area contributed by atoms with Gasteiger partial charge >= 0.3 is 0 Å². The first kappa shape index (κ1) is 14.6. The van der Waals surface area contributed by atoms with Gasteiger partial charge in [0.2, 0.25) is 0 Å². The van der Waals surface area contributed by atoms with Crippen molar-refractivity contribution in [1.82, 2.24) is 9.97 Å². The Morgan fingerprint density at radius 3 is 2.70 bits per heavy atom. The Bertz CT molecular complexity index is 602. The number of benzene rings is 1. The normalized spacial score (nSPS) is 10.4. The van der Waals surface area contributed by atoms with Crippen LogP contribution < -0.4 is 10.1 Å². The minimum atomic E-state index is 0.455. The lowest BCUT2D eigenvalue weighted by atomic mass is 10.2. The largest absolute Gasteiger partial charge is 0.496 e. The number of anilines is 2. The van der Waals surface area contributed by atoms with E-state index in [0.29, 0.717) is 11.0 Å². The molecule has 0 fully saturated rings. The lowest BCUT2D eigenvalue weighted by Gasteiger charge is -2.10. The summed E-state index contributed by atoms with van der Waals surface area (Å²) in [6.07, 6.45) is 1.80. The second-order valence-electron chi connectivity index (χ2n) is 4.55. The minimum absolute atomic E-state index is 0.455. The fourth-order valence-electron chi connectivity index (χ4n) is 1.97. The van der Waals surface area contributed by atoms with Crippen LogP contribution in [-0.2, 0) is 6.42 Å². The number of hydrogen-bond acceptors (Lipinski definition) is 4. The molecule has 0 aliphatic rings. The number of halogens is 1. The average Bonchev–Trinajstić information content (AvgIpc) is 2.38. The molecule has 0 radical (unpaired) electrons. The molecular weight excluding hydrogens is 274 g/mol. The molecule has 0 saturated carbocycles. The molecule has 0 unspecified atom stereocenters. The predicted molar refractivity (Wildman–Crippen MR) is 82.1 cm³/mol. The Labute approximate surface area is 124 Å². The van der Waals surface area contributed by atoms with Crippen LogP contribution in [0, 0.1) is 6.92 Å². The summed E-state index contributed by atoms with van der Waals surface area (Å²) < 4.78 is 5.25. The zero-order valence-electron chi connectivity index (χ0n) is 11.9. The maximum atomic E-state index is 6.02. The number of rotatable bonds is 5. The van der Waals surface area contributed by atoms with E-state index in [1.54, 1.807) is 13.2 Å². The Hall–Kier alpha value is -1.81. The highest BCUT2D eigenvalue weighted by atomic mass is 35.5. The van der Waals surface area contributed by atoms with Crippen molar-refractivity contribution in [1.29, 1.82) is 0 Å². The Balaban J connectivity index is 2.23. The number of nitrogens with one attached hydrogen (secondary N) is 1. The van der Waals surface area contributed by atoms with E-state index < -0.39 is 0 Å². The molecular formula is C15H18ClN3O. The van der Waals surface area contributed by atoms with Gasteiger partial charge in [-0.25, -0.2) is 9.97 Å². The summed E-state index contributed by atoms with van der Waals surface area (Å²) in [5, 5.41) is 3.70. The van der Waals surface area contributed by atoms with Crippen molar-refractivity contribution in [2.24, 2.45) is 0 Å². The molecule has 5 heteroatoms. The van der Waals surface area contributed by atoms with Crippen molar-refractivity contribution in [3.8, 4) is 5.75 Å². The lowest BCUT2D eigenvalue weighted by molar-refractivity contribution is 0.412. The van der Waals surface area contributed by atoms with Gasteiger partial charge in [0, 0.05) is 18.2 Å². The zero-order chi connectivity index (χ0) is 14.5. The van der Waals surface area contributed by atoms with Crippen LogP contribution in [0.5, 0.6) is 5.75 Å². The molecule has 1 heterocycles. The SMILES string of the molecule is CCCc1nc(Cl)cc(Nc2ccc(OC)c(C)c2)n1. The van der Waals surface area contributed by atoms with E-state index >= 15 is 0 Å². The molecule has 0 atom stereocenters. The van der Waals surface area contributed by atoms with Gasteiger partial charge in [-0.15, -0.1) is 0 Å². The molecule has 0 aliphatic heterocycles. The van der Waals surface area contributed by atoms with E-state index in [9.17, 15) is 0 Å². The highest BCUT2D eigenvalue weighted by Gasteiger charge is 2.05. The molecule has 0 bridgehead atoms. The number of aromatic nitrogens is 2. The summed E-state index contributed by atoms with van der Waals surface area (Å²) in [5.74, 6) is 2.33. The number of nitrogens with zero attached hydrogens (tertiary/aromatic N) is 2. The fourth-order valence-corrected chi connectivity index (χ4v) is 2.17. The zero-order valence-corrected chi connectivity index (χ0v) is 12.7. The predicted octanol–water partition coefficient (Wildman–Crippen LogP) is 4.14. The monoisotopic (exact) mass is 291 g/mol. The maximum Gasteiger partial charge on any atom is 0.135 e. The Kier molecular flexibility index (Phi) is 4.79. The van der Waals surface area contributed by atoms with Crippen molar-refractivity contribution in [2.45, 2.75) is 26.7 Å². The second kappa shape index (κ2) is 6.57. The lowest BCUT2D eigenvalue weighted by Crippen LogP contribution is -2.00. The van der Waals surface area contributed by atoms with Gasteiger partial charge < -0.3 is 10.1 Å². The summed E-state index contributed by atoms with van der Waals surface area (Å²) in [4.78, 5) is 8.66. The van der Waals surface area contributed by atoms with Crippen LogP contribution in [0.3, 0.4) is 0 Å². The molecule has 0 spiro atoms. The topological polar surface area (TPSA) is 47.0 Å². The van der Waals surface area contributed by atoms with E-state index in [0.717, 1.165) is 35.7 Å². The quantitative estimate of drug-likeness (QED) is 0.841. The number of hydrogen-bond donors (Lipinski definition) is 1. The third-order valence-corrected chi connectivity index (χ3v) is 3.08. The van der Waals surface area contributed by atoms with Gasteiger partial charge in [-0.05, 0) is 37.1 Å². The van der Waals surface area contributed by atoms with E-state index in [1.807, 2.05) is 25.1 Å². The van der Waals surface area contributed by atoms with Gasteiger partial charge in [-0.3, -0.25) is 0 Å². The first-order valence-electron chi connectivity index (χ1n) is 6.57. The van der Waals surface area contributed by atoms with Gasteiger partial charge in [-0.2, -0.15) is 0 Å². The molecule has 2 aromatic rings. The van der Waals surface area contributed by atoms with Crippen molar-refractivity contribution >= 4 is 23.1 Å². The third kappa shape index (κ3) is 3.61. The van der Waals surface area contributed by atoms with E-state index in [2.05, 4.69) is 22.2 Å². The van der Waals surface area contributed by atoms with Crippen molar-refractivity contribution in [3.63, 3.8) is 0 Å². The van der Waals surface area contributed by atoms with Gasteiger partial charge in [0.15, 0.2) is 0 Å². The fraction of sp³-hybridized carbons (Fsp3) is 0.333. The van der Waals surface area contributed by atoms with Crippen LogP contribution in [0.25, 0.3) is 0 Å². The highest BCUT2D eigenvalue weighted by molar-refractivity contribution is 6.29. The molecule has 106 valence electrons. The molecule has 2 rings (SSSR count). The summed E-state index contributed by atoms with van der Waals surface area (Å²) in [6, 6.07) is 7.60. The molecule has 0 aliphatic carbocycles. The highest BCUT2D eigenvalue weighted by Crippen LogP contribution is 2.24. The first-order chi connectivity index (χ1) is 9.62. The Morgan fingerprint density at radius 1 is 1.25 bits per heavy atom. The van der Waals surface area contributed by atoms with Crippen LogP contribution in [0.4, 0.5) is 11.5 Å². The maximum absolute atomic E-state index is 6.02. The van der Waals surface area contributed by atoms with Gasteiger partial charge in [0.05, 0.1) is 7.11 Å². The first-order valence-corrected chi connectivity index (χ1v) is 6.95. The summed E-state index contributed by atoms with van der Waals surface area (Å²) in [7, 11) is 1.66. The van der Waals surface area contributed by atoms with Crippen LogP contribution in [0.2, 0.25) is 5.15 Å². The smallest absolute Gasteiger partial charge is 0.135 e. The van der Waals surface area contributed by atoms with Gasteiger partial charge in [0.1, 0.15) is 22.5 Å². The van der Waals surface area contributed by atoms with Crippen molar-refractivity contribution in [2.75, 3.05) is 12.4 Å². The number of aryl methyl sites for hydroxylation is 2. The third-order valence-electron chi connectivity index (χ3n) is 2.88. The van der Waals surface area contributed by atoms with Gasteiger partial charge in [-0.1, -0.05) is 18.5 Å². The van der Waals surface area contributed by atoms with Crippen molar-refractivity contribution in [3.05, 3.63) is 40.8 Å². The summed E-state index contributed by atoms with van der Waals surface area (Å²) in [5.41, 5.74) is 2.01. The standard InChI is InChI=1S/C15H18ClN3O/c1-4-5-14-18-13(16)9-15(19-14)17-11-6-7-12(20-3)10(2)8-11/h6-9H,4-5H2,1-3H3,(H,17,18,19). The molecule has 4 nitrogen and oxygen atoms in total. The molecule has 1 N–H and O–H groups in total. The molecule has 0 amide bonds. The summed E-state index contributed by atoms with van der Waals surface area (Å²) >= 11 is 6.02. The van der Waals surface area contributed by atoms with Crippen LogP contribution >= 0.6 is 11.6 Å². The average molecular weight is 292 g/mol. The van der Waals surface area contributed by atoms with Crippen molar-refractivity contribution < 1.29 is 4.74 Å². The Morgan fingerprint density at radius 2 is 2.05 bits per heavy atom. The number of ether oxygens (including phenoxy) is 1. The van der Waals surface area contributed by atoms with E-state index in [1.165, 1.54) is 0 Å². The molecule has 20 heavy (non-hydrogen) atoms. The second-order valence-corrected chi connectivity index (χ2v) is 4.94. The van der Waals surface area contributed by atoms with Crippen LogP contribution in [0.15, 0.2) is 24.3 Å². The van der Waals surface area contributed by atoms with Crippen LogP contribution in [0.1, 0.15) is 24.7 Å².